The Bertz CT molecular complexity index is 7010. The molecule has 15 aromatic carbocycles. The van der Waals surface area contributed by atoms with E-state index in [2.05, 4.69) is 322 Å². The topological polar surface area (TPSA) is 104 Å². The molecule has 5 aromatic heterocycles. The second kappa shape index (κ2) is 24.8. The molecule has 0 spiro atoms. The zero-order chi connectivity index (χ0) is 69.9. The number of fused-ring (bicyclic) bond motifs is 12. The number of para-hydroxylation sites is 1. The minimum atomic E-state index is 0.215. The normalized spacial score (nSPS) is 13.1. The van der Waals surface area contributed by atoms with Crippen molar-refractivity contribution in [1.29, 1.82) is 0 Å². The summed E-state index contributed by atoms with van der Waals surface area (Å²) in [5.41, 5.74) is 20.1. The third kappa shape index (κ3) is 10.5. The zero-order valence-electron chi connectivity index (χ0n) is 57.4. The second-order valence-electron chi connectivity index (χ2n) is 27.6. The van der Waals surface area contributed by atoms with E-state index in [9.17, 15) is 0 Å². The fourth-order valence-electron chi connectivity index (χ4n) is 16.0. The Kier molecular flexibility index (Phi) is 14.3. The Morgan fingerprint density at radius 3 is 1.52 bits per heavy atom. The fourth-order valence-corrected chi connectivity index (χ4v) is 17.1. The Morgan fingerprint density at radius 2 is 0.755 bits per heavy atom. The van der Waals surface area contributed by atoms with Crippen LogP contribution in [0.15, 0.2) is 330 Å². The van der Waals surface area contributed by atoms with E-state index in [0.29, 0.717) is 34.9 Å². The van der Waals surface area contributed by atoms with Crippen molar-refractivity contribution in [3.05, 3.63) is 338 Å². The molecular formula is C97H60N6O2S. The van der Waals surface area contributed by atoms with Gasteiger partial charge in [-0.15, -0.1) is 11.3 Å². The molecule has 0 bridgehead atoms. The van der Waals surface area contributed by atoms with Gasteiger partial charge in [-0.25, -0.2) is 29.9 Å². The van der Waals surface area contributed by atoms with Gasteiger partial charge >= 0.3 is 0 Å². The maximum absolute atomic E-state index is 6.92. The van der Waals surface area contributed by atoms with Gasteiger partial charge in [0.25, 0.3) is 0 Å². The van der Waals surface area contributed by atoms with Crippen LogP contribution in [0, 0.1) is 0 Å². The smallest absolute Gasteiger partial charge is 0.164 e. The van der Waals surface area contributed by atoms with Gasteiger partial charge in [0.15, 0.2) is 34.9 Å². The Morgan fingerprint density at radius 1 is 0.264 bits per heavy atom. The minimum absolute atomic E-state index is 0.215. The first-order valence-corrected chi connectivity index (χ1v) is 36.7. The van der Waals surface area contributed by atoms with Crippen LogP contribution in [-0.4, -0.2) is 29.9 Å². The molecule has 5 heterocycles. The van der Waals surface area contributed by atoms with Crippen LogP contribution in [0.4, 0.5) is 0 Å². The summed E-state index contributed by atoms with van der Waals surface area (Å²) >= 11 is 1.80. The molecule has 0 fully saturated rings. The van der Waals surface area contributed by atoms with E-state index < -0.39 is 0 Å². The molecule has 21 rings (SSSR count). The number of rotatable bonds is 11. The third-order valence-corrected chi connectivity index (χ3v) is 22.4. The molecule has 1 unspecified atom stereocenters. The molecule has 496 valence electrons. The highest BCUT2D eigenvalue weighted by Crippen LogP contribution is 2.47. The van der Waals surface area contributed by atoms with E-state index in [0.717, 1.165) is 139 Å². The number of benzene rings is 15. The maximum Gasteiger partial charge on any atom is 0.164 e. The highest BCUT2D eigenvalue weighted by Gasteiger charge is 2.27. The average molecular weight is 1370 g/mol. The van der Waals surface area contributed by atoms with Crippen LogP contribution >= 0.6 is 11.3 Å². The summed E-state index contributed by atoms with van der Waals surface area (Å²) in [6.07, 6.45) is 3.20. The number of hydrogen-bond acceptors (Lipinski definition) is 9. The molecule has 0 saturated heterocycles. The van der Waals surface area contributed by atoms with Crippen molar-refractivity contribution in [3.8, 4) is 113 Å². The Hall–Kier alpha value is -13.6. The largest absolute Gasteiger partial charge is 0.460 e. The predicted octanol–water partition coefficient (Wildman–Crippen LogP) is 26.2. The Labute approximate surface area is 613 Å². The molecule has 1 aliphatic carbocycles. The van der Waals surface area contributed by atoms with E-state index in [4.69, 9.17) is 38.7 Å². The van der Waals surface area contributed by atoms with Crippen molar-refractivity contribution < 1.29 is 8.83 Å². The van der Waals surface area contributed by atoms with E-state index in [1.165, 1.54) is 53.2 Å². The van der Waals surface area contributed by atoms with Crippen LogP contribution in [0.3, 0.4) is 0 Å². The van der Waals surface area contributed by atoms with Gasteiger partial charge in [0.2, 0.25) is 0 Å². The number of hydrogen-bond donors (Lipinski definition) is 0. The number of thiophene rings is 1. The molecule has 1 aliphatic rings. The highest BCUT2D eigenvalue weighted by atomic mass is 32.1. The molecule has 8 nitrogen and oxygen atoms in total. The SMILES string of the molecule is CC1CC(c2cccc3c(-c4nc(-c5ccc(-c6ccc7c(c6)oc6cc(-c8cc(-c9nc(-c%10ccc%11sc%12ccccc%12c%11c%10)nc(-c%10ccccc%10-c%10ccccc%10)n9)cc9ccccc89)ccc67)cc5)nc(-c5ccc(-c6cccc7ccccc67)cc5)n4)cccc23)=Cc2c1oc1ccccc21. The van der Waals surface area contributed by atoms with Gasteiger partial charge in [-0.3, -0.25) is 0 Å². The van der Waals surface area contributed by atoms with Crippen molar-refractivity contribution >= 4 is 108 Å². The van der Waals surface area contributed by atoms with Gasteiger partial charge in [0, 0.05) is 81.2 Å². The molecule has 1 atom stereocenters. The zero-order valence-corrected chi connectivity index (χ0v) is 58.2. The molecule has 0 radical (unpaired) electrons. The summed E-state index contributed by atoms with van der Waals surface area (Å²) < 4.78 is 15.8. The summed E-state index contributed by atoms with van der Waals surface area (Å²) in [4.78, 5) is 32.1. The van der Waals surface area contributed by atoms with Gasteiger partial charge in [0.05, 0.1) is 0 Å². The average Bonchev–Trinajstić information content (AvgIpc) is 1.25. The van der Waals surface area contributed by atoms with Gasteiger partial charge in [-0.05, 0) is 167 Å². The lowest BCUT2D eigenvalue weighted by molar-refractivity contribution is 0.506. The van der Waals surface area contributed by atoms with Crippen LogP contribution < -0.4 is 0 Å². The van der Waals surface area contributed by atoms with Crippen LogP contribution in [0.5, 0.6) is 0 Å². The summed E-state index contributed by atoms with van der Waals surface area (Å²) in [7, 11) is 0. The van der Waals surface area contributed by atoms with Gasteiger partial charge in [-0.2, -0.15) is 0 Å². The van der Waals surface area contributed by atoms with Crippen molar-refractivity contribution in [2.24, 2.45) is 0 Å². The van der Waals surface area contributed by atoms with Crippen LogP contribution in [-0.2, 0) is 0 Å². The monoisotopic (exact) mass is 1370 g/mol. The van der Waals surface area contributed by atoms with E-state index >= 15 is 0 Å². The van der Waals surface area contributed by atoms with Gasteiger partial charge in [-0.1, -0.05) is 262 Å². The van der Waals surface area contributed by atoms with Gasteiger partial charge in [0.1, 0.15) is 22.5 Å². The summed E-state index contributed by atoms with van der Waals surface area (Å²) in [5.74, 6) is 4.82. The van der Waals surface area contributed by atoms with Crippen molar-refractivity contribution in [2.45, 2.75) is 19.3 Å². The van der Waals surface area contributed by atoms with Crippen molar-refractivity contribution in [1.82, 2.24) is 29.9 Å². The number of furan rings is 2. The standard InChI is InChI=1S/C97H60N6O2S/c1-57-50-68(53-85-77-26-11-13-34-86(77)105-91(57)85)74-30-16-32-76-75(74)31-17-33-82(76)97-100-92(98-93(101-97)63-42-38-61(39-43-63)71-29-15-22-60-20-5-7-23-70(60)71)62-40-36-58(37-41-62)64-44-47-78-79-48-45-66(56-88(79)104-87(78)55-64)83-54-69(51-65-21-6-8-25-73(65)83)95-99-94(67-46-49-90-84(52-67)80-27-12-14-35-89(80)106-90)102-96(103-95)81-28-10-9-24-72(81)59-18-3-2-4-19-59/h2-49,51-57H,50H2,1H3. The third-order valence-electron chi connectivity index (χ3n) is 21.2. The number of nitrogens with zero attached hydrogens (tertiary/aromatic N) is 6. The number of allylic oxidation sites excluding steroid dienone is 1. The summed E-state index contributed by atoms with van der Waals surface area (Å²) in [6, 6.07) is 114. The van der Waals surface area contributed by atoms with Crippen LogP contribution in [0.25, 0.3) is 210 Å². The molecule has 20 aromatic rings. The van der Waals surface area contributed by atoms with E-state index in [-0.39, 0.29) is 5.92 Å². The molecule has 0 amide bonds. The molecular weight excluding hydrogens is 1310 g/mol. The predicted molar refractivity (Wildman–Crippen MR) is 437 cm³/mol. The lowest BCUT2D eigenvalue weighted by atomic mass is 9.83. The second-order valence-corrected chi connectivity index (χ2v) is 28.7. The molecule has 0 N–H and O–H groups in total. The molecule has 9 heteroatoms. The number of aromatic nitrogens is 6. The van der Waals surface area contributed by atoms with E-state index in [1.807, 2.05) is 12.1 Å². The fraction of sp³-hybridized carbons (Fsp3) is 0.0309. The lowest BCUT2D eigenvalue weighted by Gasteiger charge is -2.21. The summed E-state index contributed by atoms with van der Waals surface area (Å²) in [6.45, 7) is 2.27. The minimum Gasteiger partial charge on any atom is -0.460 e. The Balaban J connectivity index is 0.636. The van der Waals surface area contributed by atoms with Crippen LogP contribution in [0.1, 0.15) is 36.1 Å². The van der Waals surface area contributed by atoms with Gasteiger partial charge < -0.3 is 8.83 Å². The first-order chi connectivity index (χ1) is 52.4. The molecule has 0 saturated carbocycles. The lowest BCUT2D eigenvalue weighted by Crippen LogP contribution is -2.03. The first kappa shape index (κ1) is 61.1. The quantitative estimate of drug-likeness (QED) is 0.126. The summed E-state index contributed by atoms with van der Waals surface area (Å²) in [5, 5.41) is 12.4. The van der Waals surface area contributed by atoms with Crippen molar-refractivity contribution in [2.75, 3.05) is 0 Å². The molecule has 0 aliphatic heterocycles. The first-order valence-electron chi connectivity index (χ1n) is 35.9. The van der Waals surface area contributed by atoms with E-state index in [1.54, 1.807) is 11.3 Å². The highest BCUT2D eigenvalue weighted by molar-refractivity contribution is 7.25. The molecule has 106 heavy (non-hydrogen) atoms. The van der Waals surface area contributed by atoms with Crippen LogP contribution in [0.2, 0.25) is 0 Å². The van der Waals surface area contributed by atoms with Crippen molar-refractivity contribution in [3.63, 3.8) is 0 Å². The maximum atomic E-state index is 6.92.